The van der Waals surface area contributed by atoms with Gasteiger partial charge in [0.25, 0.3) is 0 Å². The van der Waals surface area contributed by atoms with Gasteiger partial charge in [-0.25, -0.2) is 9.61 Å². The molecule has 0 aliphatic carbocycles. The van der Waals surface area contributed by atoms with Crippen LogP contribution in [0.4, 0.5) is 11.5 Å². The van der Waals surface area contributed by atoms with Gasteiger partial charge in [0.15, 0.2) is 5.52 Å². The lowest BCUT2D eigenvalue weighted by molar-refractivity contribution is 0.315. The zero-order valence-corrected chi connectivity index (χ0v) is 9.66. The lowest BCUT2D eigenvalue weighted by Crippen LogP contribution is -2.08. The van der Waals surface area contributed by atoms with Crippen LogP contribution in [-0.4, -0.2) is 25.1 Å². The molecule has 8 heteroatoms. The molecule has 0 fully saturated rings. The molecular weight excluding hydrogens is 234 g/mol. The number of hydrogen-bond acceptors (Lipinski definition) is 7. The predicted octanol–water partition coefficient (Wildman–Crippen LogP) is 0.335. The largest absolute Gasteiger partial charge is 0.396 e. The minimum atomic E-state index is 0.411. The van der Waals surface area contributed by atoms with E-state index in [1.54, 1.807) is 16.9 Å². The second-order valence-corrected chi connectivity index (χ2v) is 3.96. The van der Waals surface area contributed by atoms with Gasteiger partial charge < -0.3 is 11.5 Å². The first-order chi connectivity index (χ1) is 8.65. The average molecular weight is 245 g/mol. The summed E-state index contributed by atoms with van der Waals surface area (Å²) in [6.07, 6.45) is 1.78. The van der Waals surface area contributed by atoms with Crippen LogP contribution in [0.2, 0.25) is 0 Å². The topological polar surface area (TPSA) is 122 Å². The SMILES string of the molecule is Cc1nc2nonc2c(N)c1Cn1ccc(N)n1. The number of rotatable bonds is 2. The van der Waals surface area contributed by atoms with E-state index in [2.05, 4.69) is 25.0 Å². The molecule has 3 rings (SSSR count). The Hall–Kier alpha value is -2.64. The first-order valence-corrected chi connectivity index (χ1v) is 5.31. The smallest absolute Gasteiger partial charge is 0.226 e. The number of fused-ring (bicyclic) bond motifs is 1. The summed E-state index contributed by atoms with van der Waals surface area (Å²) in [4.78, 5) is 4.28. The minimum absolute atomic E-state index is 0.411. The van der Waals surface area contributed by atoms with Crippen molar-refractivity contribution in [2.75, 3.05) is 11.5 Å². The number of aromatic nitrogens is 5. The van der Waals surface area contributed by atoms with E-state index in [1.165, 1.54) is 0 Å². The van der Waals surface area contributed by atoms with Gasteiger partial charge in [-0.3, -0.25) is 4.68 Å². The van der Waals surface area contributed by atoms with Crippen molar-refractivity contribution < 1.29 is 4.63 Å². The molecule has 3 aromatic heterocycles. The molecule has 0 bridgehead atoms. The van der Waals surface area contributed by atoms with Gasteiger partial charge in [-0.1, -0.05) is 0 Å². The van der Waals surface area contributed by atoms with Gasteiger partial charge in [-0.2, -0.15) is 5.10 Å². The summed E-state index contributed by atoms with van der Waals surface area (Å²) in [7, 11) is 0. The number of aryl methyl sites for hydroxylation is 1. The van der Waals surface area contributed by atoms with Crippen LogP contribution in [0, 0.1) is 6.92 Å². The fourth-order valence-electron chi connectivity index (χ4n) is 1.82. The molecule has 0 unspecified atom stereocenters. The van der Waals surface area contributed by atoms with E-state index < -0.39 is 0 Å². The van der Waals surface area contributed by atoms with Gasteiger partial charge in [0.2, 0.25) is 5.65 Å². The molecule has 0 atom stereocenters. The summed E-state index contributed by atoms with van der Waals surface area (Å²) in [5.74, 6) is 0.461. The van der Waals surface area contributed by atoms with Crippen LogP contribution >= 0.6 is 0 Å². The van der Waals surface area contributed by atoms with E-state index in [-0.39, 0.29) is 0 Å². The van der Waals surface area contributed by atoms with E-state index in [0.717, 1.165) is 11.3 Å². The number of nitrogens with zero attached hydrogens (tertiary/aromatic N) is 5. The van der Waals surface area contributed by atoms with Crippen molar-refractivity contribution in [2.45, 2.75) is 13.5 Å². The summed E-state index contributed by atoms with van der Waals surface area (Å²) in [5.41, 5.74) is 14.6. The number of pyridine rings is 1. The number of anilines is 2. The van der Waals surface area contributed by atoms with Crippen LogP contribution in [0.1, 0.15) is 11.3 Å². The zero-order valence-electron chi connectivity index (χ0n) is 9.66. The molecule has 3 heterocycles. The van der Waals surface area contributed by atoms with Crippen molar-refractivity contribution in [3.05, 3.63) is 23.5 Å². The molecule has 0 radical (unpaired) electrons. The van der Waals surface area contributed by atoms with Crippen LogP contribution < -0.4 is 11.5 Å². The van der Waals surface area contributed by atoms with Crippen molar-refractivity contribution >= 4 is 22.7 Å². The maximum Gasteiger partial charge on any atom is 0.226 e. The van der Waals surface area contributed by atoms with E-state index in [0.29, 0.717) is 29.2 Å². The zero-order chi connectivity index (χ0) is 12.7. The van der Waals surface area contributed by atoms with Gasteiger partial charge in [0.1, 0.15) is 5.82 Å². The maximum absolute atomic E-state index is 6.04. The highest BCUT2D eigenvalue weighted by Crippen LogP contribution is 2.23. The van der Waals surface area contributed by atoms with Crippen molar-refractivity contribution in [1.29, 1.82) is 0 Å². The molecule has 0 amide bonds. The summed E-state index contributed by atoms with van der Waals surface area (Å²) < 4.78 is 6.31. The Labute approximate surface area is 102 Å². The Balaban J connectivity index is 2.10. The molecule has 92 valence electrons. The fraction of sp³-hybridized carbons (Fsp3) is 0.200. The van der Waals surface area contributed by atoms with Crippen LogP contribution in [0.5, 0.6) is 0 Å². The molecule has 0 aromatic carbocycles. The standard InChI is InChI=1S/C10H11N7O/c1-5-6(4-17-3-2-7(11)14-17)8(12)9-10(13-5)16-18-15-9/h2-3H,4,12H2,1H3,(H2,11,14). The van der Waals surface area contributed by atoms with Gasteiger partial charge in [-0.05, 0) is 23.3 Å². The van der Waals surface area contributed by atoms with E-state index in [1.807, 2.05) is 6.92 Å². The maximum atomic E-state index is 6.04. The van der Waals surface area contributed by atoms with Gasteiger partial charge >= 0.3 is 0 Å². The van der Waals surface area contributed by atoms with Gasteiger partial charge in [0, 0.05) is 17.5 Å². The second-order valence-electron chi connectivity index (χ2n) is 3.96. The molecule has 0 saturated heterocycles. The molecule has 3 aromatic rings. The molecular formula is C10H11N7O. The van der Waals surface area contributed by atoms with Gasteiger partial charge in [0.05, 0.1) is 12.2 Å². The van der Waals surface area contributed by atoms with E-state index in [9.17, 15) is 0 Å². The third kappa shape index (κ3) is 1.54. The molecule has 0 aliphatic rings. The first-order valence-electron chi connectivity index (χ1n) is 5.31. The Bertz CT molecular complexity index is 714. The van der Waals surface area contributed by atoms with Crippen LogP contribution in [-0.2, 0) is 6.54 Å². The molecule has 0 saturated carbocycles. The molecule has 0 aliphatic heterocycles. The number of hydrogen-bond donors (Lipinski definition) is 2. The number of nitrogens with two attached hydrogens (primary N) is 2. The summed E-state index contributed by atoms with van der Waals surface area (Å²) in [5, 5.41) is 11.5. The summed E-state index contributed by atoms with van der Waals surface area (Å²) in [6, 6.07) is 1.72. The lowest BCUT2D eigenvalue weighted by atomic mass is 10.1. The molecule has 8 nitrogen and oxygen atoms in total. The highest BCUT2D eigenvalue weighted by atomic mass is 16.6. The fourth-order valence-corrected chi connectivity index (χ4v) is 1.82. The Morgan fingerprint density at radius 1 is 1.33 bits per heavy atom. The van der Waals surface area contributed by atoms with Crippen LogP contribution in [0.25, 0.3) is 11.2 Å². The Morgan fingerprint density at radius 3 is 2.89 bits per heavy atom. The lowest BCUT2D eigenvalue weighted by Gasteiger charge is -2.08. The van der Waals surface area contributed by atoms with E-state index >= 15 is 0 Å². The van der Waals surface area contributed by atoms with E-state index in [4.69, 9.17) is 11.5 Å². The quantitative estimate of drug-likeness (QED) is 0.667. The third-order valence-electron chi connectivity index (χ3n) is 2.74. The molecule has 0 spiro atoms. The first kappa shape index (κ1) is 10.5. The highest BCUT2D eigenvalue weighted by Gasteiger charge is 2.14. The summed E-state index contributed by atoms with van der Waals surface area (Å²) >= 11 is 0. The predicted molar refractivity (Wildman–Crippen MR) is 64.5 cm³/mol. The average Bonchev–Trinajstić information content (AvgIpc) is 2.93. The van der Waals surface area contributed by atoms with Crippen LogP contribution in [0.3, 0.4) is 0 Å². The third-order valence-corrected chi connectivity index (χ3v) is 2.74. The van der Waals surface area contributed by atoms with Gasteiger partial charge in [-0.15, -0.1) is 0 Å². The second kappa shape index (κ2) is 3.69. The summed E-state index contributed by atoms with van der Waals surface area (Å²) in [6.45, 7) is 2.33. The number of nitrogen functional groups attached to an aromatic ring is 2. The van der Waals surface area contributed by atoms with Crippen LogP contribution in [0.15, 0.2) is 16.9 Å². The Kier molecular flexibility index (Phi) is 2.15. The minimum Gasteiger partial charge on any atom is -0.396 e. The van der Waals surface area contributed by atoms with Crippen molar-refractivity contribution in [3.8, 4) is 0 Å². The van der Waals surface area contributed by atoms with Crippen molar-refractivity contribution in [1.82, 2.24) is 25.1 Å². The van der Waals surface area contributed by atoms with Crippen molar-refractivity contribution in [3.63, 3.8) is 0 Å². The molecule has 18 heavy (non-hydrogen) atoms. The normalized spacial score (nSPS) is 11.2. The Morgan fingerprint density at radius 2 is 2.17 bits per heavy atom. The monoisotopic (exact) mass is 245 g/mol. The molecule has 4 N–H and O–H groups in total. The highest BCUT2D eigenvalue weighted by molar-refractivity contribution is 5.85. The van der Waals surface area contributed by atoms with Crippen molar-refractivity contribution in [2.24, 2.45) is 0 Å².